The summed E-state index contributed by atoms with van der Waals surface area (Å²) in [5.74, 6) is 0.609. The Morgan fingerprint density at radius 1 is 1.15 bits per heavy atom. The molecule has 0 fully saturated rings. The van der Waals surface area contributed by atoms with E-state index in [-0.39, 0.29) is 27.2 Å². The lowest BCUT2D eigenvalue weighted by atomic mass is 10.2. The molecule has 11 heteroatoms. The topological polar surface area (TPSA) is 102 Å². The Kier molecular flexibility index (Phi) is 5.31. The maximum Gasteiger partial charge on any atom is 0.273 e. The van der Waals surface area contributed by atoms with Crippen molar-refractivity contribution in [2.75, 3.05) is 12.4 Å². The van der Waals surface area contributed by atoms with E-state index in [0.717, 1.165) is 4.68 Å². The second kappa shape index (κ2) is 7.51. The monoisotopic (exact) mass is 428 g/mol. The molecule has 140 valence electrons. The second-order valence-corrected chi connectivity index (χ2v) is 6.58. The molecule has 0 radical (unpaired) electrons. The number of hydrogen-bond acceptors (Lipinski definition) is 5. The molecular weight excluding hydrogens is 419 g/mol. The van der Waals surface area contributed by atoms with E-state index in [1.807, 2.05) is 0 Å². The first-order chi connectivity index (χ1) is 12.8. The first-order valence-corrected chi connectivity index (χ1v) is 8.50. The van der Waals surface area contributed by atoms with E-state index in [4.69, 9.17) is 39.5 Å². The van der Waals surface area contributed by atoms with E-state index in [9.17, 15) is 14.9 Å². The Hall–Kier alpha value is -2.68. The number of aromatic amines is 1. The Bertz CT molecular complexity index is 1070. The molecule has 0 aliphatic heterocycles. The molecule has 1 aromatic heterocycles. The Balaban J connectivity index is 2.03. The van der Waals surface area contributed by atoms with Crippen LogP contribution >= 0.6 is 34.8 Å². The van der Waals surface area contributed by atoms with Gasteiger partial charge in [0.1, 0.15) is 17.3 Å². The van der Waals surface area contributed by atoms with Gasteiger partial charge >= 0.3 is 0 Å². The molecule has 3 aromatic rings. The molecule has 0 saturated heterocycles. The van der Waals surface area contributed by atoms with Crippen LogP contribution in [-0.4, -0.2) is 21.8 Å². The standard InChI is InChI=1S/C16H11Cl3N4O4/c1-27-13-3-2-9(23(25)26)6-12(13)20-14-7-15(24)22(21-14)16-10(18)4-8(17)5-11(16)19/h2-7,20-21H,1H3. The number of nitro benzene ring substituents is 1. The highest BCUT2D eigenvalue weighted by Gasteiger charge is 2.16. The SMILES string of the molecule is COc1ccc([N+](=O)[O-])cc1Nc1cc(=O)n(-c2c(Cl)cc(Cl)cc2Cl)[nH]1. The van der Waals surface area contributed by atoms with Crippen molar-refractivity contribution in [2.45, 2.75) is 0 Å². The lowest BCUT2D eigenvalue weighted by molar-refractivity contribution is -0.384. The number of methoxy groups -OCH3 is 1. The van der Waals surface area contributed by atoms with E-state index < -0.39 is 10.5 Å². The molecule has 0 atom stereocenters. The molecule has 2 aromatic carbocycles. The van der Waals surface area contributed by atoms with E-state index >= 15 is 0 Å². The fourth-order valence-corrected chi connectivity index (χ4v) is 3.41. The number of non-ortho nitro benzene ring substituents is 1. The molecule has 2 N–H and O–H groups in total. The van der Waals surface area contributed by atoms with Crippen LogP contribution in [0.2, 0.25) is 15.1 Å². The molecule has 3 rings (SSSR count). The van der Waals surface area contributed by atoms with Crippen molar-refractivity contribution in [3.8, 4) is 11.4 Å². The van der Waals surface area contributed by atoms with Gasteiger partial charge in [-0.25, -0.2) is 4.68 Å². The highest BCUT2D eigenvalue weighted by Crippen LogP contribution is 2.33. The van der Waals surface area contributed by atoms with E-state index in [1.54, 1.807) is 0 Å². The first-order valence-electron chi connectivity index (χ1n) is 7.36. The fraction of sp³-hybridized carbons (Fsp3) is 0.0625. The Morgan fingerprint density at radius 3 is 2.41 bits per heavy atom. The quantitative estimate of drug-likeness (QED) is 0.448. The lowest BCUT2D eigenvalue weighted by Crippen LogP contribution is -2.14. The van der Waals surface area contributed by atoms with Gasteiger partial charge in [-0.3, -0.25) is 20.0 Å². The van der Waals surface area contributed by atoms with Crippen molar-refractivity contribution in [3.05, 3.63) is 71.9 Å². The van der Waals surface area contributed by atoms with E-state index in [1.165, 1.54) is 43.5 Å². The first kappa shape index (κ1) is 19.1. The molecule has 0 aliphatic rings. The highest BCUT2D eigenvalue weighted by molar-refractivity contribution is 6.40. The molecule has 1 heterocycles. The summed E-state index contributed by atoms with van der Waals surface area (Å²) >= 11 is 18.2. The van der Waals surface area contributed by atoms with Crippen LogP contribution in [0, 0.1) is 10.1 Å². The van der Waals surface area contributed by atoms with Crippen molar-refractivity contribution < 1.29 is 9.66 Å². The number of ether oxygens (including phenoxy) is 1. The third-order valence-electron chi connectivity index (χ3n) is 3.59. The van der Waals surface area contributed by atoms with Crippen molar-refractivity contribution in [1.29, 1.82) is 0 Å². The van der Waals surface area contributed by atoms with Crippen LogP contribution in [0.3, 0.4) is 0 Å². The summed E-state index contributed by atoms with van der Waals surface area (Å²) in [6, 6.07) is 8.20. The third-order valence-corrected chi connectivity index (χ3v) is 4.38. The zero-order valence-electron chi connectivity index (χ0n) is 13.6. The summed E-state index contributed by atoms with van der Waals surface area (Å²) < 4.78 is 6.32. The average molecular weight is 430 g/mol. The fourth-order valence-electron chi connectivity index (χ4n) is 2.43. The van der Waals surface area contributed by atoms with Crippen LogP contribution in [0.15, 0.2) is 41.2 Å². The lowest BCUT2D eigenvalue weighted by Gasteiger charge is -2.10. The number of anilines is 2. The number of benzene rings is 2. The van der Waals surface area contributed by atoms with Gasteiger partial charge in [0.25, 0.3) is 11.2 Å². The van der Waals surface area contributed by atoms with Crippen LogP contribution in [0.5, 0.6) is 5.75 Å². The van der Waals surface area contributed by atoms with Crippen LogP contribution in [0.4, 0.5) is 17.2 Å². The van der Waals surface area contributed by atoms with Gasteiger partial charge in [-0.2, -0.15) is 0 Å². The zero-order valence-corrected chi connectivity index (χ0v) is 15.9. The molecule has 0 spiro atoms. The van der Waals surface area contributed by atoms with Gasteiger partial charge in [-0.15, -0.1) is 0 Å². The number of aromatic nitrogens is 2. The van der Waals surface area contributed by atoms with Crippen LogP contribution in [0.25, 0.3) is 5.69 Å². The molecule has 0 aliphatic carbocycles. The maximum atomic E-state index is 12.4. The predicted molar refractivity (Wildman–Crippen MR) is 104 cm³/mol. The average Bonchev–Trinajstić information content (AvgIpc) is 2.94. The summed E-state index contributed by atoms with van der Waals surface area (Å²) in [4.78, 5) is 22.8. The van der Waals surface area contributed by atoms with Crippen molar-refractivity contribution >= 4 is 52.0 Å². The van der Waals surface area contributed by atoms with Crippen LogP contribution in [-0.2, 0) is 0 Å². The van der Waals surface area contributed by atoms with Crippen LogP contribution in [0.1, 0.15) is 0 Å². The molecule has 0 saturated carbocycles. The van der Waals surface area contributed by atoms with Gasteiger partial charge in [0.2, 0.25) is 0 Å². The molecule has 0 unspecified atom stereocenters. The number of rotatable bonds is 5. The second-order valence-electron chi connectivity index (χ2n) is 5.33. The number of nitrogens with one attached hydrogen (secondary N) is 2. The highest BCUT2D eigenvalue weighted by atomic mass is 35.5. The van der Waals surface area contributed by atoms with Gasteiger partial charge in [-0.05, 0) is 18.2 Å². The van der Waals surface area contributed by atoms with Gasteiger partial charge in [0.15, 0.2) is 0 Å². The molecule has 27 heavy (non-hydrogen) atoms. The van der Waals surface area contributed by atoms with Crippen LogP contribution < -0.4 is 15.6 Å². The smallest absolute Gasteiger partial charge is 0.273 e. The van der Waals surface area contributed by atoms with Gasteiger partial charge < -0.3 is 10.1 Å². The largest absolute Gasteiger partial charge is 0.495 e. The summed E-state index contributed by atoms with van der Waals surface area (Å²) in [5.41, 5.74) is -0.0583. The number of nitro groups is 1. The summed E-state index contributed by atoms with van der Waals surface area (Å²) in [5, 5.41) is 17.4. The molecular formula is C16H11Cl3N4O4. The molecule has 0 bridgehead atoms. The van der Waals surface area contributed by atoms with Crippen molar-refractivity contribution in [2.24, 2.45) is 0 Å². The minimum Gasteiger partial charge on any atom is -0.495 e. The van der Waals surface area contributed by atoms with Crippen molar-refractivity contribution in [3.63, 3.8) is 0 Å². The van der Waals surface area contributed by atoms with Gasteiger partial charge in [0, 0.05) is 23.2 Å². The normalized spacial score (nSPS) is 10.7. The maximum absolute atomic E-state index is 12.4. The van der Waals surface area contributed by atoms with E-state index in [0.29, 0.717) is 16.5 Å². The number of H-pyrrole nitrogens is 1. The number of halogens is 3. The van der Waals surface area contributed by atoms with Crippen molar-refractivity contribution in [1.82, 2.24) is 9.78 Å². The number of nitrogens with zero attached hydrogens (tertiary/aromatic N) is 2. The summed E-state index contributed by atoms with van der Waals surface area (Å²) in [7, 11) is 1.42. The predicted octanol–water partition coefficient (Wildman–Crippen LogP) is 4.79. The third kappa shape index (κ3) is 3.87. The number of hydrogen-bond donors (Lipinski definition) is 2. The zero-order chi connectivity index (χ0) is 19.7. The minimum absolute atomic E-state index is 0.135. The Morgan fingerprint density at radius 2 is 1.81 bits per heavy atom. The minimum atomic E-state index is -0.536. The summed E-state index contributed by atoms with van der Waals surface area (Å²) in [6.07, 6.45) is 0. The summed E-state index contributed by atoms with van der Waals surface area (Å²) in [6.45, 7) is 0. The van der Waals surface area contributed by atoms with E-state index in [2.05, 4.69) is 10.4 Å². The van der Waals surface area contributed by atoms with Gasteiger partial charge in [-0.1, -0.05) is 34.8 Å². The molecule has 0 amide bonds. The van der Waals surface area contributed by atoms with Gasteiger partial charge in [0.05, 0.1) is 27.8 Å². The molecule has 8 nitrogen and oxygen atoms in total. The Labute approximate surface area is 167 Å².